The number of benzene rings is 1. The van der Waals surface area contributed by atoms with Gasteiger partial charge in [-0.2, -0.15) is 0 Å². The highest BCUT2D eigenvalue weighted by Crippen LogP contribution is 2.37. The van der Waals surface area contributed by atoms with E-state index < -0.39 is 0 Å². The molecule has 1 aromatic carbocycles. The van der Waals surface area contributed by atoms with E-state index in [4.69, 9.17) is 5.73 Å². The summed E-state index contributed by atoms with van der Waals surface area (Å²) in [5.74, 6) is 0. The van der Waals surface area contributed by atoms with E-state index in [2.05, 4.69) is 59.1 Å². The molecule has 0 bridgehead atoms. The number of hydrogen-bond donors (Lipinski definition) is 1. The lowest BCUT2D eigenvalue weighted by Gasteiger charge is -2.33. The van der Waals surface area contributed by atoms with Crippen LogP contribution in [0.15, 0.2) is 28.7 Å². The van der Waals surface area contributed by atoms with E-state index >= 15 is 0 Å². The zero-order valence-electron chi connectivity index (χ0n) is 10.6. The number of likely N-dealkylation sites (N-methyl/N-ethyl adjacent to an activating group) is 1. The highest BCUT2D eigenvalue weighted by Gasteiger charge is 2.34. The third-order valence-corrected chi connectivity index (χ3v) is 4.38. The van der Waals surface area contributed by atoms with Crippen molar-refractivity contribution in [3.63, 3.8) is 0 Å². The third-order valence-electron chi connectivity index (χ3n) is 3.66. The first-order valence-electron chi connectivity index (χ1n) is 6.37. The molecular formula is C14H21BrN2. The van der Waals surface area contributed by atoms with Gasteiger partial charge in [0.1, 0.15) is 0 Å². The van der Waals surface area contributed by atoms with Crippen LogP contribution in [0.3, 0.4) is 0 Å². The van der Waals surface area contributed by atoms with Crippen LogP contribution in [0.1, 0.15) is 37.8 Å². The molecule has 0 spiro atoms. The van der Waals surface area contributed by atoms with Crippen molar-refractivity contribution in [1.29, 1.82) is 0 Å². The van der Waals surface area contributed by atoms with Crippen molar-refractivity contribution in [2.45, 2.75) is 44.3 Å². The van der Waals surface area contributed by atoms with E-state index in [-0.39, 0.29) is 6.04 Å². The summed E-state index contributed by atoms with van der Waals surface area (Å²) in [7, 11) is 2.21. The molecule has 0 saturated heterocycles. The van der Waals surface area contributed by atoms with E-state index in [0.717, 1.165) is 12.5 Å². The van der Waals surface area contributed by atoms with Gasteiger partial charge in [-0.25, -0.2) is 0 Å². The molecule has 0 aromatic heterocycles. The van der Waals surface area contributed by atoms with Gasteiger partial charge in [-0.15, -0.1) is 0 Å². The van der Waals surface area contributed by atoms with Crippen LogP contribution in [0, 0.1) is 0 Å². The van der Waals surface area contributed by atoms with Gasteiger partial charge in [-0.1, -0.05) is 41.1 Å². The molecule has 2 nitrogen and oxygen atoms in total. The molecule has 0 radical (unpaired) electrons. The molecule has 1 aromatic rings. The molecule has 2 unspecified atom stereocenters. The lowest BCUT2D eigenvalue weighted by molar-refractivity contribution is 0.200. The molecule has 2 atom stereocenters. The maximum Gasteiger partial charge on any atom is 0.0510 e. The molecule has 3 heteroatoms. The van der Waals surface area contributed by atoms with Crippen LogP contribution in [-0.2, 0) is 0 Å². The average molecular weight is 297 g/mol. The molecular weight excluding hydrogens is 276 g/mol. The Hall–Kier alpha value is -0.380. The summed E-state index contributed by atoms with van der Waals surface area (Å²) >= 11 is 3.65. The molecule has 17 heavy (non-hydrogen) atoms. The SMILES string of the molecule is CCC(N)C(c1ccccc1Br)N(C)C1CC1. The molecule has 1 saturated carbocycles. The van der Waals surface area contributed by atoms with Gasteiger partial charge in [0.05, 0.1) is 6.04 Å². The van der Waals surface area contributed by atoms with Crippen molar-refractivity contribution in [2.75, 3.05) is 7.05 Å². The van der Waals surface area contributed by atoms with Crippen molar-refractivity contribution < 1.29 is 0 Å². The van der Waals surface area contributed by atoms with Crippen LogP contribution in [0.4, 0.5) is 0 Å². The predicted molar refractivity (Wildman–Crippen MR) is 75.9 cm³/mol. The van der Waals surface area contributed by atoms with Gasteiger partial charge in [0.2, 0.25) is 0 Å². The first-order valence-corrected chi connectivity index (χ1v) is 7.16. The van der Waals surface area contributed by atoms with Crippen LogP contribution < -0.4 is 5.73 Å². The Balaban J connectivity index is 2.29. The quantitative estimate of drug-likeness (QED) is 0.903. The monoisotopic (exact) mass is 296 g/mol. The maximum absolute atomic E-state index is 6.32. The number of nitrogens with two attached hydrogens (primary N) is 1. The summed E-state index contributed by atoms with van der Waals surface area (Å²) in [4.78, 5) is 2.45. The van der Waals surface area contributed by atoms with Gasteiger partial charge in [0.25, 0.3) is 0 Å². The number of nitrogens with zero attached hydrogens (tertiary/aromatic N) is 1. The Morgan fingerprint density at radius 1 is 1.41 bits per heavy atom. The van der Waals surface area contributed by atoms with E-state index in [0.29, 0.717) is 6.04 Å². The van der Waals surface area contributed by atoms with Crippen LogP contribution >= 0.6 is 15.9 Å². The Labute approximate surface area is 112 Å². The summed E-state index contributed by atoms with van der Waals surface area (Å²) in [6.45, 7) is 2.16. The molecule has 1 fully saturated rings. The lowest BCUT2D eigenvalue weighted by atomic mass is 9.96. The van der Waals surface area contributed by atoms with Crippen molar-refractivity contribution in [1.82, 2.24) is 4.90 Å². The maximum atomic E-state index is 6.32. The van der Waals surface area contributed by atoms with Crippen LogP contribution in [-0.4, -0.2) is 24.0 Å². The van der Waals surface area contributed by atoms with Gasteiger partial charge in [-0.05, 0) is 37.9 Å². The van der Waals surface area contributed by atoms with Crippen molar-refractivity contribution in [2.24, 2.45) is 5.73 Å². The minimum Gasteiger partial charge on any atom is -0.326 e. The van der Waals surface area contributed by atoms with Gasteiger partial charge in [-0.3, -0.25) is 4.90 Å². The fourth-order valence-corrected chi connectivity index (χ4v) is 2.92. The topological polar surface area (TPSA) is 29.3 Å². The highest BCUT2D eigenvalue weighted by atomic mass is 79.9. The Morgan fingerprint density at radius 3 is 2.59 bits per heavy atom. The minimum atomic E-state index is 0.194. The molecule has 2 rings (SSSR count). The molecule has 94 valence electrons. The third kappa shape index (κ3) is 2.90. The zero-order chi connectivity index (χ0) is 12.4. The van der Waals surface area contributed by atoms with Crippen LogP contribution in [0.2, 0.25) is 0 Å². The molecule has 0 aliphatic heterocycles. The smallest absolute Gasteiger partial charge is 0.0510 e. The summed E-state index contributed by atoms with van der Waals surface area (Å²) in [5.41, 5.74) is 7.64. The predicted octanol–water partition coefficient (Wildman–Crippen LogP) is 3.32. The molecule has 0 amide bonds. The standard InChI is InChI=1S/C14H21BrN2/c1-3-13(16)14(17(2)10-8-9-10)11-6-4-5-7-12(11)15/h4-7,10,13-14H,3,8-9,16H2,1-2H3. The van der Waals surface area contributed by atoms with E-state index in [1.165, 1.54) is 22.9 Å². The average Bonchev–Trinajstić information content (AvgIpc) is 3.15. The summed E-state index contributed by atoms with van der Waals surface area (Å²) < 4.78 is 1.17. The van der Waals surface area contributed by atoms with E-state index in [1.54, 1.807) is 0 Å². The van der Waals surface area contributed by atoms with Crippen molar-refractivity contribution >= 4 is 15.9 Å². The van der Waals surface area contributed by atoms with Crippen LogP contribution in [0.5, 0.6) is 0 Å². The van der Waals surface area contributed by atoms with Crippen molar-refractivity contribution in [3.8, 4) is 0 Å². The number of hydrogen-bond acceptors (Lipinski definition) is 2. The first-order chi connectivity index (χ1) is 8.15. The van der Waals surface area contributed by atoms with Gasteiger partial charge >= 0.3 is 0 Å². The zero-order valence-corrected chi connectivity index (χ0v) is 12.2. The second-order valence-corrected chi connectivity index (χ2v) is 5.79. The highest BCUT2D eigenvalue weighted by molar-refractivity contribution is 9.10. The number of halogens is 1. The summed E-state index contributed by atoms with van der Waals surface area (Å²) in [6.07, 6.45) is 3.63. The van der Waals surface area contributed by atoms with Gasteiger partial charge in [0.15, 0.2) is 0 Å². The van der Waals surface area contributed by atoms with Crippen LogP contribution in [0.25, 0.3) is 0 Å². The number of rotatable bonds is 5. The Kier molecular flexibility index (Phi) is 4.23. The van der Waals surface area contributed by atoms with E-state index in [9.17, 15) is 0 Å². The largest absolute Gasteiger partial charge is 0.326 e. The second kappa shape index (κ2) is 5.51. The van der Waals surface area contributed by atoms with Crippen molar-refractivity contribution in [3.05, 3.63) is 34.3 Å². The second-order valence-electron chi connectivity index (χ2n) is 4.94. The molecule has 1 aliphatic carbocycles. The Morgan fingerprint density at radius 2 is 2.06 bits per heavy atom. The fraction of sp³-hybridized carbons (Fsp3) is 0.571. The van der Waals surface area contributed by atoms with Gasteiger partial charge in [0, 0.05) is 16.6 Å². The lowest BCUT2D eigenvalue weighted by Crippen LogP contribution is -2.40. The first kappa shape index (κ1) is 13.1. The molecule has 1 aliphatic rings. The van der Waals surface area contributed by atoms with Gasteiger partial charge < -0.3 is 5.73 Å². The fourth-order valence-electron chi connectivity index (χ4n) is 2.40. The normalized spacial score (nSPS) is 19.4. The minimum absolute atomic E-state index is 0.194. The molecule has 2 N–H and O–H groups in total. The summed E-state index contributed by atoms with van der Waals surface area (Å²) in [5, 5.41) is 0. The summed E-state index contributed by atoms with van der Waals surface area (Å²) in [6, 6.07) is 9.68. The van der Waals surface area contributed by atoms with E-state index in [1.807, 2.05) is 0 Å². The Bertz CT molecular complexity index is 376. The molecule has 0 heterocycles.